The molecule has 2 heterocycles. The lowest BCUT2D eigenvalue weighted by molar-refractivity contribution is 0.672. The molecule has 1 aromatic heterocycles. The summed E-state index contributed by atoms with van der Waals surface area (Å²) in [6.45, 7) is 2.14. The zero-order chi connectivity index (χ0) is 11.8. The van der Waals surface area contributed by atoms with Gasteiger partial charge in [0.15, 0.2) is 5.82 Å². The zero-order valence-electron chi connectivity index (χ0n) is 9.22. The van der Waals surface area contributed by atoms with Gasteiger partial charge in [-0.2, -0.15) is 0 Å². The summed E-state index contributed by atoms with van der Waals surface area (Å²) >= 11 is 7.59. The van der Waals surface area contributed by atoms with Crippen LogP contribution in [-0.4, -0.2) is 26.7 Å². The van der Waals surface area contributed by atoms with Crippen LogP contribution < -0.4 is 5.43 Å². The lowest BCUT2D eigenvalue weighted by atomic mass is 10.2. The molecule has 1 aromatic carbocycles. The zero-order valence-corrected chi connectivity index (χ0v) is 10.8. The summed E-state index contributed by atoms with van der Waals surface area (Å²) in [6.07, 6.45) is 0. The first-order valence-electron chi connectivity index (χ1n) is 5.35. The molecule has 0 radical (unpaired) electrons. The fraction of sp³-hybridized carbons (Fsp3) is 0.273. The number of thioether (sulfide) groups is 1. The van der Waals surface area contributed by atoms with Gasteiger partial charge in [-0.3, -0.25) is 0 Å². The van der Waals surface area contributed by atoms with E-state index in [1.165, 1.54) is 0 Å². The van der Waals surface area contributed by atoms with Crippen molar-refractivity contribution in [2.75, 3.05) is 11.2 Å². The van der Waals surface area contributed by atoms with E-state index in [2.05, 4.69) is 22.5 Å². The molecule has 3 rings (SSSR count). The number of aromatic nitrogens is 3. The molecule has 1 unspecified atom stereocenters. The van der Waals surface area contributed by atoms with Crippen LogP contribution in [0.15, 0.2) is 29.4 Å². The number of fused-ring (bicyclic) bond motifs is 1. The van der Waals surface area contributed by atoms with Crippen LogP contribution in [-0.2, 0) is 0 Å². The number of benzene rings is 1. The Bertz CT molecular complexity index is 537. The average molecular weight is 267 g/mol. The van der Waals surface area contributed by atoms with Gasteiger partial charge in [-0.25, -0.2) is 4.68 Å². The first-order valence-corrected chi connectivity index (χ1v) is 6.71. The van der Waals surface area contributed by atoms with Gasteiger partial charge in [0.1, 0.15) is 0 Å². The van der Waals surface area contributed by atoms with Crippen LogP contribution in [0, 0.1) is 0 Å². The summed E-state index contributed by atoms with van der Waals surface area (Å²) in [6, 6.07) is 8.03. The van der Waals surface area contributed by atoms with Gasteiger partial charge in [-0.05, 0) is 31.2 Å². The Labute approximate surface area is 108 Å². The molecule has 1 aliphatic rings. The second kappa shape index (κ2) is 4.23. The highest BCUT2D eigenvalue weighted by Crippen LogP contribution is 2.27. The van der Waals surface area contributed by atoms with Crippen molar-refractivity contribution in [3.05, 3.63) is 29.3 Å². The van der Waals surface area contributed by atoms with Crippen molar-refractivity contribution < 1.29 is 0 Å². The van der Waals surface area contributed by atoms with Gasteiger partial charge in [0.05, 0.1) is 0 Å². The lowest BCUT2D eigenvalue weighted by Gasteiger charge is -2.22. The summed E-state index contributed by atoms with van der Waals surface area (Å²) in [4.78, 5) is 0. The van der Waals surface area contributed by atoms with Gasteiger partial charge in [0, 0.05) is 22.4 Å². The van der Waals surface area contributed by atoms with Crippen LogP contribution in [0.5, 0.6) is 0 Å². The van der Waals surface area contributed by atoms with E-state index in [1.54, 1.807) is 11.8 Å². The third-order valence-electron chi connectivity index (χ3n) is 2.55. The Morgan fingerprint density at radius 3 is 2.88 bits per heavy atom. The number of nitrogens with one attached hydrogen (secondary N) is 1. The summed E-state index contributed by atoms with van der Waals surface area (Å²) in [5, 5.41) is 10.0. The number of rotatable bonds is 1. The van der Waals surface area contributed by atoms with Crippen molar-refractivity contribution in [2.45, 2.75) is 18.1 Å². The summed E-state index contributed by atoms with van der Waals surface area (Å²) in [5.41, 5.74) is 4.37. The normalized spacial score (nSPS) is 18.6. The van der Waals surface area contributed by atoms with Crippen LogP contribution in [0.1, 0.15) is 6.92 Å². The van der Waals surface area contributed by atoms with Crippen molar-refractivity contribution in [3.8, 4) is 11.4 Å². The Kier molecular flexibility index (Phi) is 2.72. The number of hydrogen-bond donors (Lipinski definition) is 1. The molecule has 0 fully saturated rings. The highest BCUT2D eigenvalue weighted by Gasteiger charge is 2.20. The van der Waals surface area contributed by atoms with Gasteiger partial charge in [-0.15, -0.1) is 10.2 Å². The number of halogens is 1. The van der Waals surface area contributed by atoms with E-state index in [4.69, 9.17) is 11.6 Å². The van der Waals surface area contributed by atoms with Crippen molar-refractivity contribution in [2.24, 2.45) is 0 Å². The molecule has 6 heteroatoms. The first kappa shape index (κ1) is 10.9. The predicted octanol–water partition coefficient (Wildman–Crippen LogP) is 2.64. The van der Waals surface area contributed by atoms with Gasteiger partial charge in [-0.1, -0.05) is 23.4 Å². The minimum absolute atomic E-state index is 0.412. The van der Waals surface area contributed by atoms with Gasteiger partial charge >= 0.3 is 0 Å². The standard InChI is InChI=1S/C11H11ClN4S/c1-7-6-17-11-14-13-10(16(11)15-7)8-2-4-9(12)5-3-8/h2-5,7,15H,6H2,1H3. The summed E-state index contributed by atoms with van der Waals surface area (Å²) in [7, 11) is 0. The predicted molar refractivity (Wildman–Crippen MR) is 70.0 cm³/mol. The largest absolute Gasteiger partial charge is 0.318 e. The van der Waals surface area contributed by atoms with Crippen molar-refractivity contribution in [3.63, 3.8) is 0 Å². The molecule has 0 amide bonds. The van der Waals surface area contributed by atoms with Crippen LogP contribution in [0.3, 0.4) is 0 Å². The fourth-order valence-corrected chi connectivity index (χ4v) is 2.69. The maximum Gasteiger partial charge on any atom is 0.210 e. The second-order valence-electron chi connectivity index (χ2n) is 3.99. The van der Waals surface area contributed by atoms with Gasteiger partial charge in [0.25, 0.3) is 0 Å². The Morgan fingerprint density at radius 1 is 1.35 bits per heavy atom. The lowest BCUT2D eigenvalue weighted by Crippen LogP contribution is -2.32. The maximum absolute atomic E-state index is 5.88. The summed E-state index contributed by atoms with van der Waals surface area (Å²) < 4.78 is 1.95. The quantitative estimate of drug-likeness (QED) is 0.862. The molecule has 1 aliphatic heterocycles. The van der Waals surface area contributed by atoms with E-state index in [0.717, 1.165) is 27.3 Å². The fourth-order valence-electron chi connectivity index (χ4n) is 1.72. The monoisotopic (exact) mass is 266 g/mol. The molecule has 1 N–H and O–H groups in total. The van der Waals surface area contributed by atoms with Crippen LogP contribution in [0.25, 0.3) is 11.4 Å². The van der Waals surface area contributed by atoms with E-state index in [0.29, 0.717) is 6.04 Å². The third kappa shape index (κ3) is 2.00. The molecule has 2 aromatic rings. The van der Waals surface area contributed by atoms with Crippen molar-refractivity contribution in [1.82, 2.24) is 14.9 Å². The van der Waals surface area contributed by atoms with E-state index < -0.39 is 0 Å². The molecule has 1 atom stereocenters. The highest BCUT2D eigenvalue weighted by molar-refractivity contribution is 7.99. The molecular formula is C11H11ClN4S. The van der Waals surface area contributed by atoms with Crippen molar-refractivity contribution >= 4 is 23.4 Å². The SMILES string of the molecule is CC1CSc2nnc(-c3ccc(Cl)cc3)n2N1. The Balaban J connectivity index is 2.04. The molecule has 0 bridgehead atoms. The van der Waals surface area contributed by atoms with Crippen LogP contribution >= 0.6 is 23.4 Å². The van der Waals surface area contributed by atoms with Gasteiger partial charge in [0.2, 0.25) is 5.16 Å². The Morgan fingerprint density at radius 2 is 2.12 bits per heavy atom. The molecule has 0 spiro atoms. The molecule has 0 saturated carbocycles. The molecule has 0 saturated heterocycles. The molecule has 88 valence electrons. The molecule has 4 nitrogen and oxygen atoms in total. The topological polar surface area (TPSA) is 42.7 Å². The third-order valence-corrected chi connectivity index (χ3v) is 3.99. The first-order chi connectivity index (χ1) is 8.24. The minimum Gasteiger partial charge on any atom is -0.318 e. The molecule has 0 aliphatic carbocycles. The van der Waals surface area contributed by atoms with Crippen LogP contribution in [0.2, 0.25) is 5.02 Å². The molecular weight excluding hydrogens is 256 g/mol. The van der Waals surface area contributed by atoms with E-state index >= 15 is 0 Å². The van der Waals surface area contributed by atoms with E-state index in [1.807, 2.05) is 28.9 Å². The smallest absolute Gasteiger partial charge is 0.210 e. The van der Waals surface area contributed by atoms with Crippen molar-refractivity contribution in [1.29, 1.82) is 0 Å². The van der Waals surface area contributed by atoms with E-state index in [9.17, 15) is 0 Å². The van der Waals surface area contributed by atoms with E-state index in [-0.39, 0.29) is 0 Å². The average Bonchev–Trinajstić information content (AvgIpc) is 2.73. The van der Waals surface area contributed by atoms with Crippen LogP contribution in [0.4, 0.5) is 0 Å². The highest BCUT2D eigenvalue weighted by atomic mass is 35.5. The Hall–Kier alpha value is -1.20. The van der Waals surface area contributed by atoms with Gasteiger partial charge < -0.3 is 5.43 Å². The summed E-state index contributed by atoms with van der Waals surface area (Å²) in [5.74, 6) is 1.84. The minimum atomic E-state index is 0.412. The number of nitrogens with zero attached hydrogens (tertiary/aromatic N) is 3. The second-order valence-corrected chi connectivity index (χ2v) is 5.41. The number of hydrogen-bond acceptors (Lipinski definition) is 4. The molecule has 17 heavy (non-hydrogen) atoms. The maximum atomic E-state index is 5.88.